The van der Waals surface area contributed by atoms with Gasteiger partial charge in [0.2, 0.25) is 5.82 Å². The minimum Gasteiger partial charge on any atom is -0.420 e. The first kappa shape index (κ1) is 20.6. The lowest BCUT2D eigenvalue weighted by Crippen LogP contribution is -2.10. The van der Waals surface area contributed by atoms with Crippen LogP contribution in [0, 0.1) is 23.0 Å². The van der Waals surface area contributed by atoms with Crippen LogP contribution in [0.5, 0.6) is 5.75 Å². The summed E-state index contributed by atoms with van der Waals surface area (Å²) in [5.74, 6) is -3.98. The Hall–Kier alpha value is -2.74. The molecule has 2 aromatic rings. The molecule has 0 aliphatic heterocycles. The van der Waals surface area contributed by atoms with Crippen LogP contribution < -0.4 is 4.74 Å². The van der Waals surface area contributed by atoms with Gasteiger partial charge in [0.1, 0.15) is 6.07 Å². The van der Waals surface area contributed by atoms with E-state index in [4.69, 9.17) is 10.00 Å². The fraction of sp³-hybridized carbons (Fsp3) is 0.364. The topological polar surface area (TPSA) is 50.1 Å². The molecule has 142 valence electrons. The molecule has 0 saturated heterocycles. The number of nitrogens with zero attached hydrogens (tertiary/aromatic N) is 1. The number of carbonyl (C=O) groups excluding carboxylic acids is 1. The summed E-state index contributed by atoms with van der Waals surface area (Å²) in [6, 6.07) is 10.6. The van der Waals surface area contributed by atoms with E-state index in [1.165, 1.54) is 38.2 Å². The van der Waals surface area contributed by atoms with E-state index in [9.17, 15) is 13.6 Å². The third-order valence-corrected chi connectivity index (χ3v) is 4.38. The highest BCUT2D eigenvalue weighted by Crippen LogP contribution is 2.23. The van der Waals surface area contributed by atoms with Gasteiger partial charge in [-0.15, -0.1) is 0 Å². The van der Waals surface area contributed by atoms with Crippen LogP contribution in [-0.4, -0.2) is 5.97 Å². The van der Waals surface area contributed by atoms with E-state index in [2.05, 4.69) is 6.92 Å². The molecule has 0 aromatic heterocycles. The van der Waals surface area contributed by atoms with Crippen molar-refractivity contribution in [3.63, 3.8) is 0 Å². The molecule has 0 fully saturated rings. The van der Waals surface area contributed by atoms with Crippen molar-refractivity contribution in [1.29, 1.82) is 5.26 Å². The maximum atomic E-state index is 13.8. The molecule has 0 atom stereocenters. The van der Waals surface area contributed by atoms with Crippen molar-refractivity contribution in [3.05, 3.63) is 64.7 Å². The maximum absolute atomic E-state index is 13.8. The van der Waals surface area contributed by atoms with Crippen LogP contribution in [0.25, 0.3) is 0 Å². The molecule has 0 bridgehead atoms. The zero-order valence-electron chi connectivity index (χ0n) is 15.4. The fourth-order valence-electron chi connectivity index (χ4n) is 2.77. The van der Waals surface area contributed by atoms with Crippen molar-refractivity contribution in [2.24, 2.45) is 0 Å². The number of rotatable bonds is 9. The molecule has 3 nitrogen and oxygen atoms in total. The summed E-state index contributed by atoms with van der Waals surface area (Å²) in [7, 11) is 0. The van der Waals surface area contributed by atoms with E-state index >= 15 is 0 Å². The summed E-state index contributed by atoms with van der Waals surface area (Å²) in [6.07, 6.45) is 8.25. The predicted octanol–water partition coefficient (Wildman–Crippen LogP) is 5.96. The van der Waals surface area contributed by atoms with Crippen molar-refractivity contribution >= 4 is 5.97 Å². The lowest BCUT2D eigenvalue weighted by Gasteiger charge is -2.07. The second kappa shape index (κ2) is 10.4. The maximum Gasteiger partial charge on any atom is 0.343 e. The first-order chi connectivity index (χ1) is 13.1. The van der Waals surface area contributed by atoms with Gasteiger partial charge < -0.3 is 4.74 Å². The number of nitriles is 1. The second-order valence-corrected chi connectivity index (χ2v) is 6.46. The Balaban J connectivity index is 1.90. The van der Waals surface area contributed by atoms with Crippen LogP contribution in [0.15, 0.2) is 36.4 Å². The van der Waals surface area contributed by atoms with E-state index < -0.39 is 28.9 Å². The quantitative estimate of drug-likeness (QED) is 0.310. The van der Waals surface area contributed by atoms with Crippen LogP contribution in [-0.2, 0) is 6.42 Å². The molecule has 2 rings (SSSR count). The normalized spacial score (nSPS) is 10.4. The van der Waals surface area contributed by atoms with Gasteiger partial charge in [-0.3, -0.25) is 0 Å². The van der Waals surface area contributed by atoms with Crippen molar-refractivity contribution in [3.8, 4) is 11.8 Å². The summed E-state index contributed by atoms with van der Waals surface area (Å²) in [5, 5.41) is 8.67. The zero-order chi connectivity index (χ0) is 19.6. The van der Waals surface area contributed by atoms with Gasteiger partial charge in [-0.25, -0.2) is 9.18 Å². The summed E-state index contributed by atoms with van der Waals surface area (Å²) in [4.78, 5) is 12.1. The summed E-state index contributed by atoms with van der Waals surface area (Å²) >= 11 is 0. The molecule has 0 spiro atoms. The number of carbonyl (C=O) groups is 1. The van der Waals surface area contributed by atoms with Gasteiger partial charge >= 0.3 is 5.97 Å². The minimum atomic E-state index is -1.35. The second-order valence-electron chi connectivity index (χ2n) is 6.46. The molecule has 0 N–H and O–H groups in total. The number of benzene rings is 2. The molecular weight excluding hydrogens is 348 g/mol. The standard InChI is InChI=1S/C22H23F2NO2/c1-2-3-4-5-6-7-8-16-9-11-17(12-10-16)22(26)27-19-14-13-18(15-25)20(23)21(19)24/h9-14H,2-8H2,1H3. The van der Waals surface area contributed by atoms with Gasteiger partial charge in [0.15, 0.2) is 11.6 Å². The Bertz CT molecular complexity index is 810. The number of esters is 1. The minimum absolute atomic E-state index is 0.255. The molecule has 0 aliphatic carbocycles. The van der Waals surface area contributed by atoms with Gasteiger partial charge in [-0.05, 0) is 42.7 Å². The van der Waals surface area contributed by atoms with Crippen molar-refractivity contribution in [1.82, 2.24) is 0 Å². The lowest BCUT2D eigenvalue weighted by atomic mass is 10.0. The van der Waals surface area contributed by atoms with Crippen LogP contribution >= 0.6 is 0 Å². The molecule has 0 aliphatic rings. The summed E-state index contributed by atoms with van der Waals surface area (Å²) in [6.45, 7) is 2.19. The van der Waals surface area contributed by atoms with Crippen LogP contribution in [0.1, 0.15) is 66.9 Å². The zero-order valence-corrected chi connectivity index (χ0v) is 15.4. The first-order valence-electron chi connectivity index (χ1n) is 9.26. The van der Waals surface area contributed by atoms with E-state index in [-0.39, 0.29) is 5.56 Å². The van der Waals surface area contributed by atoms with Crippen molar-refractivity contribution < 1.29 is 18.3 Å². The molecule has 0 unspecified atom stereocenters. The van der Waals surface area contributed by atoms with Gasteiger partial charge in [0, 0.05) is 0 Å². The monoisotopic (exact) mass is 371 g/mol. The van der Waals surface area contributed by atoms with Crippen LogP contribution in [0.4, 0.5) is 8.78 Å². The lowest BCUT2D eigenvalue weighted by molar-refractivity contribution is 0.0726. The van der Waals surface area contributed by atoms with Gasteiger partial charge in [-0.2, -0.15) is 9.65 Å². The smallest absolute Gasteiger partial charge is 0.343 e. The molecule has 0 radical (unpaired) electrons. The third kappa shape index (κ3) is 5.89. The molecule has 0 amide bonds. The average molecular weight is 371 g/mol. The average Bonchev–Trinajstić information content (AvgIpc) is 2.69. The molecule has 2 aromatic carbocycles. The molecule has 0 heterocycles. The van der Waals surface area contributed by atoms with E-state index in [1.807, 2.05) is 12.1 Å². The van der Waals surface area contributed by atoms with E-state index in [0.717, 1.165) is 30.5 Å². The third-order valence-electron chi connectivity index (χ3n) is 4.38. The van der Waals surface area contributed by atoms with Gasteiger partial charge in [-0.1, -0.05) is 51.2 Å². The highest BCUT2D eigenvalue weighted by Gasteiger charge is 2.17. The Morgan fingerprint density at radius 1 is 0.963 bits per heavy atom. The summed E-state index contributed by atoms with van der Waals surface area (Å²) in [5.41, 5.74) is 0.940. The number of halogens is 2. The first-order valence-corrected chi connectivity index (χ1v) is 9.26. The number of ether oxygens (including phenoxy) is 1. The van der Waals surface area contributed by atoms with Crippen molar-refractivity contribution in [2.75, 3.05) is 0 Å². The number of hydrogen-bond acceptors (Lipinski definition) is 3. The largest absolute Gasteiger partial charge is 0.420 e. The molecule has 27 heavy (non-hydrogen) atoms. The fourth-order valence-corrected chi connectivity index (χ4v) is 2.77. The highest BCUT2D eigenvalue weighted by molar-refractivity contribution is 5.91. The van der Waals surface area contributed by atoms with Crippen LogP contribution in [0.3, 0.4) is 0 Å². The number of unbranched alkanes of at least 4 members (excludes halogenated alkanes) is 5. The predicted molar refractivity (Wildman–Crippen MR) is 99.6 cm³/mol. The molecular formula is C22H23F2NO2. The van der Waals surface area contributed by atoms with Crippen molar-refractivity contribution in [2.45, 2.75) is 51.9 Å². The van der Waals surface area contributed by atoms with Gasteiger partial charge in [0.05, 0.1) is 11.1 Å². The highest BCUT2D eigenvalue weighted by atomic mass is 19.2. The van der Waals surface area contributed by atoms with E-state index in [1.54, 1.807) is 12.1 Å². The Kier molecular flexibility index (Phi) is 7.94. The summed E-state index contributed by atoms with van der Waals surface area (Å²) < 4.78 is 32.4. The Morgan fingerprint density at radius 3 is 2.30 bits per heavy atom. The SMILES string of the molecule is CCCCCCCCc1ccc(C(=O)Oc2ccc(C#N)c(F)c2F)cc1. The van der Waals surface area contributed by atoms with Gasteiger partial charge in [0.25, 0.3) is 0 Å². The Morgan fingerprint density at radius 2 is 1.63 bits per heavy atom. The number of hydrogen-bond donors (Lipinski definition) is 0. The van der Waals surface area contributed by atoms with E-state index in [0.29, 0.717) is 0 Å². The number of aryl methyl sites for hydroxylation is 1. The Labute approximate surface area is 158 Å². The molecule has 5 heteroatoms. The molecule has 0 saturated carbocycles. The van der Waals surface area contributed by atoms with Crippen LogP contribution in [0.2, 0.25) is 0 Å².